The molecule has 0 aliphatic heterocycles. The molecule has 0 radical (unpaired) electrons. The Hall–Kier alpha value is 0.209. The standard InChI is InChI=1S/C5H5O.3CH3.Sn/c6-5-3-1-2-4-5;;;;/h4H,1,3H2;3*1H3;. The molecule has 1 aliphatic carbocycles. The molecule has 0 bridgehead atoms. The molecule has 0 atom stereocenters. The third-order valence-corrected chi connectivity index (χ3v) is 8.56. The SMILES string of the molecule is [CH3][Sn]([CH3])([CH3])[C]1=CC(=O)CC1. The van der Waals surface area contributed by atoms with Crippen LogP contribution in [0.4, 0.5) is 0 Å². The van der Waals surface area contributed by atoms with E-state index >= 15 is 0 Å². The van der Waals surface area contributed by atoms with Gasteiger partial charge in [-0.3, -0.25) is 0 Å². The summed E-state index contributed by atoms with van der Waals surface area (Å²) >= 11 is -1.80. The zero-order valence-electron chi connectivity index (χ0n) is 6.90. The number of rotatable bonds is 1. The fourth-order valence-corrected chi connectivity index (χ4v) is 5.38. The van der Waals surface area contributed by atoms with Crippen LogP contribution in [0, 0.1) is 0 Å². The summed E-state index contributed by atoms with van der Waals surface area (Å²) in [5.74, 6) is 0.349. The average Bonchev–Trinajstić information content (AvgIpc) is 2.11. The van der Waals surface area contributed by atoms with Gasteiger partial charge < -0.3 is 0 Å². The summed E-state index contributed by atoms with van der Waals surface area (Å²) < 4.78 is 1.51. The van der Waals surface area contributed by atoms with Crippen LogP contribution in [0.15, 0.2) is 9.67 Å². The fourth-order valence-electron chi connectivity index (χ4n) is 1.19. The van der Waals surface area contributed by atoms with Crippen molar-refractivity contribution in [2.45, 2.75) is 27.7 Å². The van der Waals surface area contributed by atoms with Gasteiger partial charge in [-0.1, -0.05) is 0 Å². The van der Waals surface area contributed by atoms with E-state index in [1.807, 2.05) is 6.08 Å². The molecular formula is C8H14OSn. The second kappa shape index (κ2) is 2.68. The topological polar surface area (TPSA) is 17.1 Å². The first-order chi connectivity index (χ1) is 4.50. The molecule has 1 rings (SSSR count). The summed E-state index contributed by atoms with van der Waals surface area (Å²) in [6.07, 6.45) is 3.75. The maximum atomic E-state index is 10.9. The molecule has 0 amide bonds. The molecule has 0 unspecified atom stereocenters. The van der Waals surface area contributed by atoms with Crippen molar-refractivity contribution in [3.05, 3.63) is 9.67 Å². The van der Waals surface area contributed by atoms with E-state index in [1.165, 1.54) is 3.59 Å². The number of carbonyl (C=O) groups excluding carboxylic acids is 1. The predicted octanol–water partition coefficient (Wildman–Crippen LogP) is 2.15. The van der Waals surface area contributed by atoms with E-state index in [0.29, 0.717) is 5.78 Å². The quantitative estimate of drug-likeness (QED) is 0.647. The zero-order chi connectivity index (χ0) is 7.78. The minimum atomic E-state index is -1.80. The third-order valence-electron chi connectivity index (χ3n) is 1.94. The van der Waals surface area contributed by atoms with Crippen LogP contribution in [-0.4, -0.2) is 24.2 Å². The van der Waals surface area contributed by atoms with E-state index in [9.17, 15) is 4.79 Å². The van der Waals surface area contributed by atoms with Crippen molar-refractivity contribution >= 4 is 24.2 Å². The molecule has 10 heavy (non-hydrogen) atoms. The van der Waals surface area contributed by atoms with Gasteiger partial charge in [0, 0.05) is 0 Å². The molecule has 0 spiro atoms. The van der Waals surface area contributed by atoms with Crippen LogP contribution in [0.25, 0.3) is 0 Å². The molecule has 0 N–H and O–H groups in total. The number of hydrogen-bond acceptors (Lipinski definition) is 1. The molecular weight excluding hydrogens is 231 g/mol. The van der Waals surface area contributed by atoms with Gasteiger partial charge in [-0.25, -0.2) is 0 Å². The monoisotopic (exact) mass is 246 g/mol. The fraction of sp³-hybridized carbons (Fsp3) is 0.625. The number of carbonyl (C=O) groups is 1. The van der Waals surface area contributed by atoms with Gasteiger partial charge in [0.1, 0.15) is 0 Å². The van der Waals surface area contributed by atoms with Crippen LogP contribution < -0.4 is 0 Å². The zero-order valence-corrected chi connectivity index (χ0v) is 9.75. The van der Waals surface area contributed by atoms with Crippen LogP contribution in [0.1, 0.15) is 12.8 Å². The van der Waals surface area contributed by atoms with E-state index in [4.69, 9.17) is 0 Å². The Morgan fingerprint density at radius 2 is 1.90 bits per heavy atom. The van der Waals surface area contributed by atoms with Crippen LogP contribution in [0.5, 0.6) is 0 Å². The second-order valence-electron chi connectivity index (χ2n) is 3.89. The van der Waals surface area contributed by atoms with Crippen molar-refractivity contribution in [3.63, 3.8) is 0 Å². The normalized spacial score (nSPS) is 19.5. The Kier molecular flexibility index (Phi) is 2.23. The molecule has 0 heterocycles. The summed E-state index contributed by atoms with van der Waals surface area (Å²) in [5.41, 5.74) is 0. The second-order valence-corrected chi connectivity index (χ2v) is 18.6. The van der Waals surface area contributed by atoms with E-state index in [1.54, 1.807) is 0 Å². The number of ketones is 1. The Morgan fingerprint density at radius 1 is 1.30 bits per heavy atom. The molecule has 0 saturated carbocycles. The van der Waals surface area contributed by atoms with E-state index < -0.39 is 18.4 Å². The van der Waals surface area contributed by atoms with Gasteiger partial charge in [0.2, 0.25) is 0 Å². The summed E-state index contributed by atoms with van der Waals surface area (Å²) in [7, 11) is 0. The predicted molar refractivity (Wildman–Crippen MR) is 45.7 cm³/mol. The summed E-state index contributed by atoms with van der Waals surface area (Å²) in [5, 5.41) is 0. The molecule has 1 aliphatic rings. The molecule has 0 fully saturated rings. The van der Waals surface area contributed by atoms with Gasteiger partial charge in [-0.2, -0.15) is 0 Å². The van der Waals surface area contributed by atoms with Crippen LogP contribution in [-0.2, 0) is 4.79 Å². The van der Waals surface area contributed by atoms with Crippen molar-refractivity contribution < 1.29 is 4.79 Å². The summed E-state index contributed by atoms with van der Waals surface area (Å²) in [6.45, 7) is 0. The minimum absolute atomic E-state index is 0.349. The van der Waals surface area contributed by atoms with Gasteiger partial charge in [0.25, 0.3) is 0 Å². The Balaban J connectivity index is 2.76. The Bertz CT molecular complexity index is 186. The first-order valence-electron chi connectivity index (χ1n) is 3.74. The van der Waals surface area contributed by atoms with Crippen molar-refractivity contribution in [2.75, 3.05) is 0 Å². The molecule has 56 valence electrons. The van der Waals surface area contributed by atoms with Crippen molar-refractivity contribution in [1.29, 1.82) is 0 Å². The summed E-state index contributed by atoms with van der Waals surface area (Å²) in [6, 6.07) is 0. The van der Waals surface area contributed by atoms with Gasteiger partial charge in [0.05, 0.1) is 0 Å². The molecule has 2 heteroatoms. The van der Waals surface area contributed by atoms with Crippen LogP contribution >= 0.6 is 0 Å². The van der Waals surface area contributed by atoms with Gasteiger partial charge in [-0.05, 0) is 0 Å². The first-order valence-corrected chi connectivity index (χ1v) is 13.7. The number of allylic oxidation sites excluding steroid dienone is 2. The van der Waals surface area contributed by atoms with Crippen molar-refractivity contribution in [2.24, 2.45) is 0 Å². The maximum absolute atomic E-state index is 10.9. The van der Waals surface area contributed by atoms with Crippen molar-refractivity contribution in [3.8, 4) is 0 Å². The van der Waals surface area contributed by atoms with E-state index in [0.717, 1.165) is 12.8 Å². The Morgan fingerprint density at radius 3 is 2.10 bits per heavy atom. The molecule has 0 saturated heterocycles. The third kappa shape index (κ3) is 1.84. The van der Waals surface area contributed by atoms with E-state index in [2.05, 4.69) is 14.8 Å². The van der Waals surface area contributed by atoms with Crippen LogP contribution in [0.2, 0.25) is 14.8 Å². The summed E-state index contributed by atoms with van der Waals surface area (Å²) in [4.78, 5) is 17.9. The average molecular weight is 245 g/mol. The van der Waals surface area contributed by atoms with Gasteiger partial charge in [0.15, 0.2) is 0 Å². The van der Waals surface area contributed by atoms with Gasteiger partial charge in [-0.15, -0.1) is 0 Å². The Labute approximate surface area is 66.4 Å². The van der Waals surface area contributed by atoms with Crippen LogP contribution in [0.3, 0.4) is 0 Å². The first kappa shape index (κ1) is 8.31. The number of hydrogen-bond donors (Lipinski definition) is 0. The van der Waals surface area contributed by atoms with E-state index in [-0.39, 0.29) is 0 Å². The molecule has 1 nitrogen and oxygen atoms in total. The molecule has 0 aromatic carbocycles. The molecule has 0 aromatic rings. The van der Waals surface area contributed by atoms with Gasteiger partial charge >= 0.3 is 66.3 Å². The molecule has 0 aromatic heterocycles. The van der Waals surface area contributed by atoms with Crippen molar-refractivity contribution in [1.82, 2.24) is 0 Å².